The average molecular weight is 452 g/mol. The zero-order chi connectivity index (χ0) is 21.9. The molecule has 2 fully saturated rings. The van der Waals surface area contributed by atoms with Crippen LogP contribution in [0.2, 0.25) is 0 Å². The maximum absolute atomic E-state index is 5.52. The minimum absolute atomic E-state index is 0.703. The first-order valence-corrected chi connectivity index (χ1v) is 12.7. The molecule has 0 bridgehead atoms. The van der Waals surface area contributed by atoms with Gasteiger partial charge >= 0.3 is 0 Å². The molecule has 6 nitrogen and oxygen atoms in total. The number of aromatic nitrogens is 2. The SMILES string of the molecule is CC(C)CN1CCN(c2nc(CN3CCOCC3)nc3scc(-c4ccccc4)c23)CC1. The summed E-state index contributed by atoms with van der Waals surface area (Å²) in [4.78, 5) is 18.8. The number of piperazine rings is 1. The van der Waals surface area contributed by atoms with Crippen LogP contribution in [0.3, 0.4) is 0 Å². The molecular weight excluding hydrogens is 418 g/mol. The lowest BCUT2D eigenvalue weighted by molar-refractivity contribution is 0.0331. The largest absolute Gasteiger partial charge is 0.379 e. The van der Waals surface area contributed by atoms with Crippen molar-refractivity contribution in [2.75, 3.05) is 63.9 Å². The molecule has 5 rings (SSSR count). The van der Waals surface area contributed by atoms with E-state index in [0.717, 1.165) is 75.5 Å². The Hall–Kier alpha value is -2.06. The van der Waals surface area contributed by atoms with Crippen molar-refractivity contribution in [1.29, 1.82) is 0 Å². The van der Waals surface area contributed by atoms with E-state index in [0.29, 0.717) is 5.92 Å². The Morgan fingerprint density at radius 2 is 1.69 bits per heavy atom. The highest BCUT2D eigenvalue weighted by atomic mass is 32.1. The first-order valence-electron chi connectivity index (χ1n) is 11.8. The third-order valence-electron chi connectivity index (χ3n) is 6.31. The number of morpholine rings is 1. The molecule has 0 spiro atoms. The number of fused-ring (bicyclic) bond motifs is 1. The molecular formula is C25H33N5OS. The normalized spacial score (nSPS) is 18.7. The fraction of sp³-hybridized carbons (Fsp3) is 0.520. The highest BCUT2D eigenvalue weighted by molar-refractivity contribution is 7.17. The molecule has 7 heteroatoms. The lowest BCUT2D eigenvalue weighted by Crippen LogP contribution is -2.47. The molecule has 2 aliphatic heterocycles. The van der Waals surface area contributed by atoms with E-state index in [1.807, 2.05) is 0 Å². The quantitative estimate of drug-likeness (QED) is 0.565. The number of hydrogen-bond donors (Lipinski definition) is 0. The summed E-state index contributed by atoms with van der Waals surface area (Å²) in [5, 5.41) is 3.47. The van der Waals surface area contributed by atoms with Crippen molar-refractivity contribution in [3.8, 4) is 11.1 Å². The van der Waals surface area contributed by atoms with Crippen LogP contribution in [0.1, 0.15) is 19.7 Å². The summed E-state index contributed by atoms with van der Waals surface area (Å²) in [6.07, 6.45) is 0. The monoisotopic (exact) mass is 451 g/mol. The standard InChI is InChI=1S/C25H33N5OS/c1-19(2)16-28-8-10-30(11-9-28)24-23-21(20-6-4-3-5-7-20)18-32-25(23)27-22(26-24)17-29-12-14-31-15-13-29/h3-7,18-19H,8-17H2,1-2H3. The van der Waals surface area contributed by atoms with Crippen molar-refractivity contribution in [3.63, 3.8) is 0 Å². The van der Waals surface area contributed by atoms with Crippen LogP contribution in [0.5, 0.6) is 0 Å². The zero-order valence-electron chi connectivity index (χ0n) is 19.2. The smallest absolute Gasteiger partial charge is 0.146 e. The summed E-state index contributed by atoms with van der Waals surface area (Å²) >= 11 is 1.74. The third kappa shape index (κ3) is 4.81. The molecule has 0 aliphatic carbocycles. The fourth-order valence-electron chi connectivity index (χ4n) is 4.71. The van der Waals surface area contributed by atoms with E-state index < -0.39 is 0 Å². The Labute approximate surface area is 194 Å². The maximum Gasteiger partial charge on any atom is 0.146 e. The van der Waals surface area contributed by atoms with E-state index in [-0.39, 0.29) is 0 Å². The Morgan fingerprint density at radius 1 is 0.938 bits per heavy atom. The van der Waals surface area contributed by atoms with Crippen LogP contribution in [0.25, 0.3) is 21.3 Å². The lowest BCUT2D eigenvalue weighted by atomic mass is 10.1. The number of anilines is 1. The van der Waals surface area contributed by atoms with Gasteiger partial charge in [0.1, 0.15) is 16.5 Å². The van der Waals surface area contributed by atoms with Crippen molar-refractivity contribution >= 4 is 27.4 Å². The molecule has 2 saturated heterocycles. The molecule has 32 heavy (non-hydrogen) atoms. The summed E-state index contributed by atoms with van der Waals surface area (Å²) in [7, 11) is 0. The molecule has 2 aliphatic rings. The first-order chi connectivity index (χ1) is 15.7. The molecule has 0 radical (unpaired) electrons. The van der Waals surface area contributed by atoms with Crippen LogP contribution in [-0.2, 0) is 11.3 Å². The van der Waals surface area contributed by atoms with E-state index in [1.54, 1.807) is 11.3 Å². The number of ether oxygens (including phenoxy) is 1. The number of hydrogen-bond acceptors (Lipinski definition) is 7. The Bertz CT molecular complexity index is 1020. The van der Waals surface area contributed by atoms with Gasteiger partial charge in [0.2, 0.25) is 0 Å². The van der Waals surface area contributed by atoms with Gasteiger partial charge in [-0.25, -0.2) is 9.97 Å². The van der Waals surface area contributed by atoms with Gasteiger partial charge in [-0.15, -0.1) is 11.3 Å². The molecule has 3 aromatic rings. The van der Waals surface area contributed by atoms with Crippen LogP contribution in [0.15, 0.2) is 35.7 Å². The predicted molar refractivity (Wildman–Crippen MR) is 132 cm³/mol. The van der Waals surface area contributed by atoms with E-state index in [2.05, 4.69) is 64.3 Å². The summed E-state index contributed by atoms with van der Waals surface area (Å²) in [6, 6.07) is 10.7. The molecule has 4 heterocycles. The summed E-state index contributed by atoms with van der Waals surface area (Å²) in [5.41, 5.74) is 2.49. The van der Waals surface area contributed by atoms with E-state index in [1.165, 1.54) is 23.1 Å². The maximum atomic E-state index is 5.52. The third-order valence-corrected chi connectivity index (χ3v) is 7.18. The van der Waals surface area contributed by atoms with Crippen molar-refractivity contribution in [3.05, 3.63) is 41.5 Å². The Kier molecular flexibility index (Phi) is 6.69. The van der Waals surface area contributed by atoms with E-state index >= 15 is 0 Å². The molecule has 0 unspecified atom stereocenters. The number of benzene rings is 1. The number of thiophene rings is 1. The fourth-order valence-corrected chi connectivity index (χ4v) is 5.67. The predicted octanol–water partition coefficient (Wildman–Crippen LogP) is 3.97. The second-order valence-corrected chi connectivity index (χ2v) is 10.1. The summed E-state index contributed by atoms with van der Waals surface area (Å²) in [6.45, 7) is 14.3. The average Bonchev–Trinajstić information content (AvgIpc) is 3.24. The molecule has 1 aromatic carbocycles. The van der Waals surface area contributed by atoms with Gasteiger partial charge in [0.15, 0.2) is 0 Å². The summed E-state index contributed by atoms with van der Waals surface area (Å²) < 4.78 is 5.52. The first kappa shape index (κ1) is 21.8. The van der Waals surface area contributed by atoms with E-state index in [4.69, 9.17) is 14.7 Å². The highest BCUT2D eigenvalue weighted by Gasteiger charge is 2.24. The summed E-state index contributed by atoms with van der Waals surface area (Å²) in [5.74, 6) is 2.75. The van der Waals surface area contributed by atoms with Crippen LogP contribution in [0, 0.1) is 5.92 Å². The van der Waals surface area contributed by atoms with Gasteiger partial charge in [0.05, 0.1) is 25.1 Å². The Morgan fingerprint density at radius 3 is 2.41 bits per heavy atom. The second kappa shape index (κ2) is 9.83. The van der Waals surface area contributed by atoms with Gasteiger partial charge in [-0.1, -0.05) is 44.2 Å². The van der Waals surface area contributed by atoms with Crippen molar-refractivity contribution < 1.29 is 4.74 Å². The van der Waals surface area contributed by atoms with Crippen LogP contribution >= 0.6 is 11.3 Å². The lowest BCUT2D eigenvalue weighted by Gasteiger charge is -2.36. The molecule has 2 aromatic heterocycles. The molecule has 0 atom stereocenters. The number of nitrogens with zero attached hydrogens (tertiary/aromatic N) is 5. The van der Waals surface area contributed by atoms with Crippen LogP contribution < -0.4 is 4.90 Å². The molecule has 0 saturated carbocycles. The van der Waals surface area contributed by atoms with E-state index in [9.17, 15) is 0 Å². The van der Waals surface area contributed by atoms with Gasteiger partial charge in [-0.05, 0) is 11.5 Å². The van der Waals surface area contributed by atoms with Crippen LogP contribution in [-0.4, -0.2) is 78.8 Å². The van der Waals surface area contributed by atoms with Crippen molar-refractivity contribution in [1.82, 2.24) is 19.8 Å². The van der Waals surface area contributed by atoms with Crippen molar-refractivity contribution in [2.45, 2.75) is 20.4 Å². The molecule has 0 N–H and O–H groups in total. The van der Waals surface area contributed by atoms with Gasteiger partial charge in [0, 0.05) is 56.8 Å². The van der Waals surface area contributed by atoms with Crippen molar-refractivity contribution in [2.24, 2.45) is 5.92 Å². The van der Waals surface area contributed by atoms with Gasteiger partial charge in [-0.3, -0.25) is 9.80 Å². The van der Waals surface area contributed by atoms with Gasteiger partial charge < -0.3 is 9.64 Å². The van der Waals surface area contributed by atoms with Crippen LogP contribution in [0.4, 0.5) is 5.82 Å². The number of rotatable bonds is 6. The van der Waals surface area contributed by atoms with Gasteiger partial charge in [-0.2, -0.15) is 0 Å². The second-order valence-electron chi connectivity index (χ2n) is 9.23. The molecule has 0 amide bonds. The topological polar surface area (TPSA) is 44.7 Å². The highest BCUT2D eigenvalue weighted by Crippen LogP contribution is 2.38. The minimum Gasteiger partial charge on any atom is -0.379 e. The van der Waals surface area contributed by atoms with Gasteiger partial charge in [0.25, 0.3) is 0 Å². The zero-order valence-corrected chi connectivity index (χ0v) is 20.0. The minimum atomic E-state index is 0.703. The Balaban J connectivity index is 1.49. The molecule has 170 valence electrons.